The zero-order valence-corrected chi connectivity index (χ0v) is 11.8. The number of thiophene rings is 1. The summed E-state index contributed by atoms with van der Waals surface area (Å²) in [7, 11) is 0. The second-order valence-corrected chi connectivity index (χ2v) is 6.59. The van der Waals surface area contributed by atoms with Gasteiger partial charge in [0.15, 0.2) is 0 Å². The number of benzene rings is 1. The van der Waals surface area contributed by atoms with Crippen molar-refractivity contribution >= 4 is 46.3 Å². The van der Waals surface area contributed by atoms with E-state index in [1.165, 1.54) is 0 Å². The molecule has 0 radical (unpaired) electrons. The fourth-order valence-electron chi connectivity index (χ4n) is 1.24. The summed E-state index contributed by atoms with van der Waals surface area (Å²) < 4.78 is 1.15. The van der Waals surface area contributed by atoms with Crippen LogP contribution in [0.15, 0.2) is 39.4 Å². The molecule has 0 aliphatic carbocycles. The number of nitrogens with one attached hydrogen (secondary N) is 1. The molecular weight excluding hydrogens is 297 g/mol. The lowest BCUT2D eigenvalue weighted by Crippen LogP contribution is -2.03. The summed E-state index contributed by atoms with van der Waals surface area (Å²) in [5, 5.41) is 9.73. The fourth-order valence-corrected chi connectivity index (χ4v) is 3.73. The van der Waals surface area contributed by atoms with Gasteiger partial charge in [-0.15, -0.1) is 11.3 Å². The second kappa shape index (κ2) is 6.09. The lowest BCUT2D eigenvalue weighted by atomic mass is 10.4. The zero-order valence-electron chi connectivity index (χ0n) is 8.61. The van der Waals surface area contributed by atoms with Gasteiger partial charge in [0.1, 0.15) is 0 Å². The number of hydrogen-bond donors (Lipinski definition) is 2. The van der Waals surface area contributed by atoms with Crippen LogP contribution < -0.4 is 5.48 Å². The Morgan fingerprint density at radius 3 is 2.71 bits per heavy atom. The Morgan fingerprint density at radius 1 is 1.18 bits per heavy atom. The molecule has 2 aromatic rings. The molecule has 0 saturated heterocycles. The molecule has 0 bridgehead atoms. The van der Waals surface area contributed by atoms with E-state index in [2.05, 4.69) is 5.48 Å². The van der Waals surface area contributed by atoms with E-state index in [9.17, 15) is 0 Å². The predicted molar refractivity (Wildman–Crippen MR) is 73.5 cm³/mol. The monoisotopic (exact) mass is 305 g/mol. The van der Waals surface area contributed by atoms with Crippen LogP contribution >= 0.6 is 46.3 Å². The molecule has 0 aliphatic heterocycles. The van der Waals surface area contributed by atoms with Crippen LogP contribution in [0.4, 0.5) is 0 Å². The minimum Gasteiger partial charge on any atom is -0.316 e. The Bertz CT molecular complexity index is 516. The lowest BCUT2D eigenvalue weighted by molar-refractivity contribution is 0.162. The molecule has 0 fully saturated rings. The molecule has 0 amide bonds. The van der Waals surface area contributed by atoms with Gasteiger partial charge in [0.05, 0.1) is 20.8 Å². The highest BCUT2D eigenvalue weighted by molar-refractivity contribution is 8.01. The van der Waals surface area contributed by atoms with Crippen LogP contribution in [0.25, 0.3) is 0 Å². The van der Waals surface area contributed by atoms with Crippen LogP contribution in [0, 0.1) is 0 Å². The van der Waals surface area contributed by atoms with Crippen LogP contribution in [0.2, 0.25) is 10.0 Å². The van der Waals surface area contributed by atoms with E-state index < -0.39 is 0 Å². The van der Waals surface area contributed by atoms with Crippen molar-refractivity contribution in [1.82, 2.24) is 5.48 Å². The van der Waals surface area contributed by atoms with Crippen molar-refractivity contribution in [3.8, 4) is 0 Å². The van der Waals surface area contributed by atoms with E-state index in [1.807, 2.05) is 24.3 Å². The largest absolute Gasteiger partial charge is 0.316 e. The molecule has 6 heteroatoms. The normalized spacial score (nSPS) is 10.8. The van der Waals surface area contributed by atoms with Gasteiger partial charge in [-0.25, -0.2) is 5.48 Å². The highest BCUT2D eigenvalue weighted by atomic mass is 35.5. The molecule has 1 aromatic carbocycles. The molecule has 1 heterocycles. The summed E-state index contributed by atoms with van der Waals surface area (Å²) in [5.41, 5.74) is 2.14. The third kappa shape index (κ3) is 3.61. The van der Waals surface area contributed by atoms with Gasteiger partial charge in [-0.2, -0.15) is 0 Å². The summed E-state index contributed by atoms with van der Waals surface area (Å²) in [6.07, 6.45) is 0. The maximum atomic E-state index is 8.60. The van der Waals surface area contributed by atoms with E-state index in [0.717, 1.165) is 14.0 Å². The Hall–Kier alpha value is -0.230. The van der Waals surface area contributed by atoms with Crippen molar-refractivity contribution < 1.29 is 5.21 Å². The smallest absolute Gasteiger partial charge is 0.0649 e. The lowest BCUT2D eigenvalue weighted by Gasteiger charge is -2.00. The molecule has 2 nitrogen and oxygen atoms in total. The second-order valence-electron chi connectivity index (χ2n) is 3.23. The van der Waals surface area contributed by atoms with E-state index in [0.29, 0.717) is 16.6 Å². The predicted octanol–water partition coefficient (Wildman–Crippen LogP) is 4.68. The van der Waals surface area contributed by atoms with Gasteiger partial charge in [-0.1, -0.05) is 35.0 Å². The first-order chi connectivity index (χ1) is 8.19. The SMILES string of the molecule is ONCc1ccc(Sc2ccc(Cl)c(Cl)c2)s1. The van der Waals surface area contributed by atoms with Gasteiger partial charge in [0.2, 0.25) is 0 Å². The van der Waals surface area contributed by atoms with E-state index in [1.54, 1.807) is 29.2 Å². The van der Waals surface area contributed by atoms with Gasteiger partial charge in [-0.3, -0.25) is 0 Å². The Kier molecular flexibility index (Phi) is 4.73. The standard InChI is InChI=1S/C11H9Cl2NOS2/c12-9-3-1-7(5-10(9)13)16-11-4-2-8(17-11)6-14-15/h1-5,14-15H,6H2. The third-order valence-electron chi connectivity index (χ3n) is 2.00. The molecule has 0 spiro atoms. The molecule has 0 aliphatic rings. The third-order valence-corrected chi connectivity index (χ3v) is 4.95. The van der Waals surface area contributed by atoms with Crippen molar-refractivity contribution in [2.45, 2.75) is 15.6 Å². The minimum absolute atomic E-state index is 0.465. The molecule has 0 unspecified atom stereocenters. The first-order valence-electron chi connectivity index (χ1n) is 4.77. The van der Waals surface area contributed by atoms with Gasteiger partial charge in [0.25, 0.3) is 0 Å². The fraction of sp³-hybridized carbons (Fsp3) is 0.0909. The molecule has 2 rings (SSSR count). The van der Waals surface area contributed by atoms with Gasteiger partial charge in [-0.05, 0) is 30.3 Å². The molecule has 90 valence electrons. The van der Waals surface area contributed by atoms with E-state index in [4.69, 9.17) is 28.4 Å². The number of hydroxylamine groups is 1. The van der Waals surface area contributed by atoms with Crippen molar-refractivity contribution in [2.75, 3.05) is 0 Å². The molecule has 0 atom stereocenters. The summed E-state index contributed by atoms with van der Waals surface area (Å²) in [4.78, 5) is 2.12. The Morgan fingerprint density at radius 2 is 2.00 bits per heavy atom. The van der Waals surface area contributed by atoms with Gasteiger partial charge < -0.3 is 5.21 Å². The van der Waals surface area contributed by atoms with Gasteiger partial charge in [0, 0.05) is 9.77 Å². The zero-order chi connectivity index (χ0) is 12.3. The summed E-state index contributed by atoms with van der Waals surface area (Å²) in [6, 6.07) is 9.56. The Balaban J connectivity index is 2.11. The summed E-state index contributed by atoms with van der Waals surface area (Å²) in [5.74, 6) is 0. The van der Waals surface area contributed by atoms with E-state index in [-0.39, 0.29) is 0 Å². The number of rotatable bonds is 4. The Labute approximate surface area is 118 Å². The molecule has 2 N–H and O–H groups in total. The number of hydrogen-bond acceptors (Lipinski definition) is 4. The first kappa shape index (κ1) is 13.2. The highest BCUT2D eigenvalue weighted by Gasteiger charge is 2.04. The van der Waals surface area contributed by atoms with Crippen LogP contribution in [0.5, 0.6) is 0 Å². The number of halogens is 2. The average Bonchev–Trinajstić information content (AvgIpc) is 2.72. The summed E-state index contributed by atoms with van der Waals surface area (Å²) >= 11 is 15.1. The molecule has 0 saturated carbocycles. The minimum atomic E-state index is 0.465. The quantitative estimate of drug-likeness (QED) is 0.804. The maximum Gasteiger partial charge on any atom is 0.0649 e. The highest BCUT2D eigenvalue weighted by Crippen LogP contribution is 2.36. The molecule has 17 heavy (non-hydrogen) atoms. The maximum absolute atomic E-state index is 8.60. The first-order valence-corrected chi connectivity index (χ1v) is 7.16. The van der Waals surface area contributed by atoms with Crippen LogP contribution in [-0.4, -0.2) is 5.21 Å². The molecular formula is C11H9Cl2NOS2. The average molecular weight is 306 g/mol. The van der Waals surface area contributed by atoms with Crippen LogP contribution in [0.1, 0.15) is 4.88 Å². The topological polar surface area (TPSA) is 32.3 Å². The van der Waals surface area contributed by atoms with Crippen molar-refractivity contribution in [3.63, 3.8) is 0 Å². The van der Waals surface area contributed by atoms with Crippen molar-refractivity contribution in [2.24, 2.45) is 0 Å². The van der Waals surface area contributed by atoms with Crippen molar-refractivity contribution in [1.29, 1.82) is 0 Å². The van der Waals surface area contributed by atoms with E-state index >= 15 is 0 Å². The summed E-state index contributed by atoms with van der Waals surface area (Å²) in [6.45, 7) is 0.465. The molecule has 1 aromatic heterocycles. The van der Waals surface area contributed by atoms with Crippen molar-refractivity contribution in [3.05, 3.63) is 45.3 Å². The van der Waals surface area contributed by atoms with Crippen LogP contribution in [-0.2, 0) is 6.54 Å². The van der Waals surface area contributed by atoms with Gasteiger partial charge >= 0.3 is 0 Å². The van der Waals surface area contributed by atoms with Crippen LogP contribution in [0.3, 0.4) is 0 Å².